The summed E-state index contributed by atoms with van der Waals surface area (Å²) in [5, 5.41) is 12.7. The number of benzene rings is 2. The van der Waals surface area contributed by atoms with E-state index in [0.29, 0.717) is 45.1 Å². The van der Waals surface area contributed by atoms with Crippen LogP contribution in [0, 0.1) is 17.2 Å². The molecule has 1 N–H and O–H groups in total. The normalized spacial score (nSPS) is 18.7. The van der Waals surface area contributed by atoms with E-state index in [4.69, 9.17) is 21.3 Å². The molecular formula is C30H33ClFN5O2. The second-order valence-electron chi connectivity index (χ2n) is 11.6. The molecule has 0 bridgehead atoms. The summed E-state index contributed by atoms with van der Waals surface area (Å²) in [5.41, 5.74) is 0.720. The summed E-state index contributed by atoms with van der Waals surface area (Å²) in [5.74, 6) is 0.565. The Hall–Kier alpha value is -3.23. The van der Waals surface area contributed by atoms with Crippen LogP contribution in [0.5, 0.6) is 11.8 Å². The zero-order chi connectivity index (χ0) is 27.3. The highest BCUT2D eigenvalue weighted by Crippen LogP contribution is 2.46. The maximum absolute atomic E-state index is 16.5. The largest absolute Gasteiger partial charge is 0.508 e. The molecule has 2 aliphatic rings. The molecule has 1 atom stereocenters. The number of anilines is 1. The first-order valence-electron chi connectivity index (χ1n) is 13.5. The van der Waals surface area contributed by atoms with Crippen LogP contribution in [0.3, 0.4) is 0 Å². The summed E-state index contributed by atoms with van der Waals surface area (Å²) in [7, 11) is 4.12. The fourth-order valence-electron chi connectivity index (χ4n) is 5.86. The number of hydrogen-bond donors (Lipinski definition) is 1. The van der Waals surface area contributed by atoms with Crippen molar-refractivity contribution in [2.45, 2.75) is 32.6 Å². The number of nitrogens with zero attached hydrogens (tertiary/aromatic N) is 5. The number of fused-ring (bicyclic) bond motifs is 2. The lowest BCUT2D eigenvalue weighted by Crippen LogP contribution is -2.35. The topological polar surface area (TPSA) is 74.6 Å². The van der Waals surface area contributed by atoms with E-state index < -0.39 is 5.82 Å². The molecule has 0 spiro atoms. The van der Waals surface area contributed by atoms with Gasteiger partial charge in [-0.15, -0.1) is 0 Å². The Morgan fingerprint density at radius 3 is 2.79 bits per heavy atom. The smallest absolute Gasteiger partial charge is 0.319 e. The summed E-state index contributed by atoms with van der Waals surface area (Å²) in [6, 6.07) is 8.65. The molecule has 1 aliphatic carbocycles. The van der Waals surface area contributed by atoms with Crippen molar-refractivity contribution in [3.8, 4) is 23.0 Å². The molecule has 1 unspecified atom stereocenters. The molecule has 2 aromatic heterocycles. The quantitative estimate of drug-likeness (QED) is 0.290. The van der Waals surface area contributed by atoms with E-state index in [-0.39, 0.29) is 28.4 Å². The lowest BCUT2D eigenvalue weighted by Gasteiger charge is -2.32. The Morgan fingerprint density at radius 2 is 2.05 bits per heavy atom. The first-order valence-corrected chi connectivity index (χ1v) is 13.9. The van der Waals surface area contributed by atoms with Crippen LogP contribution < -0.4 is 9.64 Å². The molecule has 0 amide bonds. The van der Waals surface area contributed by atoms with Crippen molar-refractivity contribution in [1.82, 2.24) is 19.9 Å². The number of piperidine rings is 1. The highest BCUT2D eigenvalue weighted by Gasteiger charge is 2.44. The lowest BCUT2D eigenvalue weighted by molar-refractivity contribution is 0.183. The van der Waals surface area contributed by atoms with Gasteiger partial charge in [-0.05, 0) is 69.3 Å². The number of phenolic OH excluding ortho intramolecular Hbond substituents is 1. The zero-order valence-corrected chi connectivity index (χ0v) is 23.3. The highest BCUT2D eigenvalue weighted by atomic mass is 35.5. The van der Waals surface area contributed by atoms with Gasteiger partial charge in [0, 0.05) is 47.2 Å². The molecule has 1 saturated heterocycles. The number of pyridine rings is 1. The fraction of sp³-hybridized carbons (Fsp3) is 0.433. The summed E-state index contributed by atoms with van der Waals surface area (Å²) >= 11 is 6.54. The van der Waals surface area contributed by atoms with Gasteiger partial charge in [0.1, 0.15) is 22.8 Å². The van der Waals surface area contributed by atoms with Gasteiger partial charge in [0.25, 0.3) is 0 Å². The van der Waals surface area contributed by atoms with E-state index >= 15 is 4.39 Å². The third-order valence-corrected chi connectivity index (χ3v) is 8.20. The van der Waals surface area contributed by atoms with Crippen LogP contribution in [-0.4, -0.2) is 65.3 Å². The maximum atomic E-state index is 16.5. The molecule has 7 nitrogen and oxygen atoms in total. The number of phenols is 1. The van der Waals surface area contributed by atoms with Gasteiger partial charge in [0.2, 0.25) is 0 Å². The molecule has 6 rings (SSSR count). The summed E-state index contributed by atoms with van der Waals surface area (Å²) < 4.78 is 22.6. The Labute approximate surface area is 232 Å². The van der Waals surface area contributed by atoms with Gasteiger partial charge in [0.15, 0.2) is 5.82 Å². The Balaban J connectivity index is 1.49. The molecule has 9 heteroatoms. The zero-order valence-electron chi connectivity index (χ0n) is 22.5. The minimum atomic E-state index is -0.590. The minimum Gasteiger partial charge on any atom is -0.508 e. The SMILES string of the molecule is CC1CCCN(c2nc(OCC3(CN(C)C)CC3)nc3c(F)c(-c4cc(O)cc5cccc(Cl)c45)ncc23)C1. The number of aromatic hydroxyl groups is 1. The summed E-state index contributed by atoms with van der Waals surface area (Å²) in [4.78, 5) is 18.3. The highest BCUT2D eigenvalue weighted by molar-refractivity contribution is 6.36. The van der Waals surface area contributed by atoms with Crippen molar-refractivity contribution >= 4 is 39.1 Å². The van der Waals surface area contributed by atoms with E-state index in [2.05, 4.69) is 40.8 Å². The van der Waals surface area contributed by atoms with Crippen molar-refractivity contribution in [2.75, 3.05) is 45.2 Å². The van der Waals surface area contributed by atoms with Crippen LogP contribution >= 0.6 is 11.6 Å². The molecule has 39 heavy (non-hydrogen) atoms. The third-order valence-electron chi connectivity index (χ3n) is 7.88. The van der Waals surface area contributed by atoms with Crippen LogP contribution in [0.25, 0.3) is 32.9 Å². The van der Waals surface area contributed by atoms with E-state index in [1.54, 1.807) is 24.4 Å². The van der Waals surface area contributed by atoms with Gasteiger partial charge < -0.3 is 19.6 Å². The molecule has 204 valence electrons. The number of rotatable bonds is 7. The van der Waals surface area contributed by atoms with Crippen molar-refractivity contribution in [2.24, 2.45) is 11.3 Å². The van der Waals surface area contributed by atoms with Crippen molar-refractivity contribution in [3.05, 3.63) is 47.4 Å². The van der Waals surface area contributed by atoms with Gasteiger partial charge in [-0.1, -0.05) is 30.7 Å². The van der Waals surface area contributed by atoms with Crippen molar-refractivity contribution < 1.29 is 14.2 Å². The standard InChI is InChI=1S/C30H33ClFN5O2/c1-18-6-5-11-37(15-18)28-22-14-33-26(21-13-20(38)12-19-7-4-8-23(31)24(19)21)25(32)27(22)34-29(35-28)39-17-30(9-10-30)16-36(2)3/h4,7-8,12-14,18,38H,5-6,9-11,15-17H2,1-3H3. The second kappa shape index (κ2) is 10.1. The third kappa shape index (κ3) is 5.08. The van der Waals surface area contributed by atoms with E-state index in [1.165, 1.54) is 6.07 Å². The number of halogens is 2. The predicted molar refractivity (Wildman–Crippen MR) is 153 cm³/mol. The van der Waals surface area contributed by atoms with E-state index in [0.717, 1.165) is 45.3 Å². The maximum Gasteiger partial charge on any atom is 0.319 e. The molecule has 1 saturated carbocycles. The fourth-order valence-corrected chi connectivity index (χ4v) is 6.15. The Kier molecular flexibility index (Phi) is 6.71. The Morgan fingerprint density at radius 1 is 1.23 bits per heavy atom. The first kappa shape index (κ1) is 26.0. The van der Waals surface area contributed by atoms with E-state index in [9.17, 15) is 5.11 Å². The lowest BCUT2D eigenvalue weighted by atomic mass is 9.99. The average molecular weight is 550 g/mol. The second-order valence-corrected chi connectivity index (χ2v) is 12.0. The van der Waals surface area contributed by atoms with Crippen molar-refractivity contribution in [1.29, 1.82) is 0 Å². The number of hydrogen-bond acceptors (Lipinski definition) is 7. The molecule has 2 fully saturated rings. The van der Waals surface area contributed by atoms with Gasteiger partial charge in [-0.3, -0.25) is 4.98 Å². The number of ether oxygens (including phenoxy) is 1. The first-order chi connectivity index (χ1) is 18.7. The van der Waals surface area contributed by atoms with Crippen LogP contribution in [0.15, 0.2) is 36.5 Å². The predicted octanol–water partition coefficient (Wildman–Crippen LogP) is 6.30. The van der Waals surface area contributed by atoms with Gasteiger partial charge in [-0.25, -0.2) is 4.39 Å². The van der Waals surface area contributed by atoms with Crippen molar-refractivity contribution in [3.63, 3.8) is 0 Å². The molecule has 1 aliphatic heterocycles. The minimum absolute atomic E-state index is 0.00592. The molecule has 0 radical (unpaired) electrons. The number of aromatic nitrogens is 3. The molecule has 4 aromatic rings. The van der Waals surface area contributed by atoms with Crippen LogP contribution in [0.2, 0.25) is 5.02 Å². The Bertz CT molecular complexity index is 1560. The van der Waals surface area contributed by atoms with Crippen LogP contribution in [0.1, 0.15) is 32.6 Å². The summed E-state index contributed by atoms with van der Waals surface area (Å²) in [6.45, 7) is 5.28. The van der Waals surface area contributed by atoms with Crippen LogP contribution in [-0.2, 0) is 0 Å². The van der Waals surface area contributed by atoms with Gasteiger partial charge in [-0.2, -0.15) is 9.97 Å². The molecular weight excluding hydrogens is 517 g/mol. The van der Waals surface area contributed by atoms with Gasteiger partial charge >= 0.3 is 6.01 Å². The molecule has 3 heterocycles. The molecule has 2 aromatic carbocycles. The van der Waals surface area contributed by atoms with Crippen LogP contribution in [0.4, 0.5) is 10.2 Å². The average Bonchev–Trinajstić information content (AvgIpc) is 3.66. The summed E-state index contributed by atoms with van der Waals surface area (Å²) in [6.07, 6.45) is 5.99. The monoisotopic (exact) mass is 549 g/mol. The van der Waals surface area contributed by atoms with E-state index in [1.807, 2.05) is 6.07 Å². The van der Waals surface area contributed by atoms with Gasteiger partial charge in [0.05, 0.1) is 12.0 Å².